The van der Waals surface area contributed by atoms with Gasteiger partial charge in [-0.1, -0.05) is 0 Å². The maximum absolute atomic E-state index is 10.2. The molecule has 2 N–H and O–H groups in total. The number of hydrogen-bond donors (Lipinski definition) is 2. The van der Waals surface area contributed by atoms with Gasteiger partial charge in [0.25, 0.3) is 0 Å². The predicted molar refractivity (Wildman–Crippen MR) is 46.0 cm³/mol. The van der Waals surface area contributed by atoms with Gasteiger partial charge in [-0.3, -0.25) is 9.69 Å². The molecule has 0 rings (SSSR count). The molecule has 0 amide bonds. The summed E-state index contributed by atoms with van der Waals surface area (Å²) < 4.78 is 0. The molecule has 0 saturated heterocycles. The van der Waals surface area contributed by atoms with E-state index < -0.39 is 5.97 Å². The van der Waals surface area contributed by atoms with Gasteiger partial charge in [0.2, 0.25) is 0 Å². The average Bonchev–Trinajstić information content (AvgIpc) is 2.00. The molecule has 0 radical (unpaired) electrons. The van der Waals surface area contributed by atoms with Crippen molar-refractivity contribution in [2.75, 3.05) is 20.2 Å². The zero-order chi connectivity index (χ0) is 9.78. The van der Waals surface area contributed by atoms with Crippen LogP contribution in [0.4, 0.5) is 0 Å². The van der Waals surface area contributed by atoms with Crippen LogP contribution in [-0.2, 0) is 4.79 Å². The molecule has 4 heteroatoms. The molecule has 0 aromatic rings. The molecular formula is C8H17NO3. The highest BCUT2D eigenvalue weighted by Crippen LogP contribution is 2.10. The number of aliphatic carboxylic acids is 1. The lowest BCUT2D eigenvalue weighted by atomic mass is 10.1. The molecule has 0 fully saturated rings. The van der Waals surface area contributed by atoms with E-state index in [0.29, 0.717) is 6.54 Å². The van der Waals surface area contributed by atoms with Crippen LogP contribution in [0.1, 0.15) is 20.3 Å². The summed E-state index contributed by atoms with van der Waals surface area (Å²) in [5.41, 5.74) is -0.338. The molecule has 0 bridgehead atoms. The lowest BCUT2D eigenvalue weighted by Gasteiger charge is -2.33. The number of aliphatic hydroxyl groups excluding tert-OH is 1. The third-order valence-corrected chi connectivity index (χ3v) is 2.08. The standard InChI is InChI=1S/C8H17NO3/c1-8(2,6-10)9(3)5-4-7(11)12/h10H,4-6H2,1-3H3,(H,11,12). The number of likely N-dealkylation sites (N-methyl/N-ethyl adjacent to an activating group) is 1. The average molecular weight is 175 g/mol. The summed E-state index contributed by atoms with van der Waals surface area (Å²) in [6, 6.07) is 0. The minimum absolute atomic E-state index is 0.0309. The Morgan fingerprint density at radius 1 is 1.50 bits per heavy atom. The lowest BCUT2D eigenvalue weighted by Crippen LogP contribution is -2.45. The quantitative estimate of drug-likeness (QED) is 0.625. The van der Waals surface area contributed by atoms with Gasteiger partial charge in [-0.15, -0.1) is 0 Å². The maximum atomic E-state index is 10.2. The molecule has 0 unspecified atom stereocenters. The van der Waals surface area contributed by atoms with Crippen LogP contribution in [-0.4, -0.2) is 46.8 Å². The molecule has 0 saturated carbocycles. The molecule has 0 aliphatic rings. The number of hydrogen-bond acceptors (Lipinski definition) is 3. The molecule has 0 spiro atoms. The summed E-state index contributed by atoms with van der Waals surface area (Å²) in [5.74, 6) is -0.810. The molecule has 0 atom stereocenters. The van der Waals surface area contributed by atoms with Crippen molar-refractivity contribution in [3.63, 3.8) is 0 Å². The van der Waals surface area contributed by atoms with Crippen LogP contribution in [0.3, 0.4) is 0 Å². The van der Waals surface area contributed by atoms with Crippen LogP contribution in [0.5, 0.6) is 0 Å². The van der Waals surface area contributed by atoms with E-state index >= 15 is 0 Å². The number of aliphatic hydroxyl groups is 1. The monoisotopic (exact) mass is 175 g/mol. The number of carboxylic acids is 1. The fourth-order valence-electron chi connectivity index (χ4n) is 0.687. The maximum Gasteiger partial charge on any atom is 0.304 e. The number of rotatable bonds is 5. The number of nitrogens with zero attached hydrogens (tertiary/aromatic N) is 1. The third-order valence-electron chi connectivity index (χ3n) is 2.08. The van der Waals surface area contributed by atoms with Crippen molar-refractivity contribution in [2.24, 2.45) is 0 Å². The van der Waals surface area contributed by atoms with Crippen molar-refractivity contribution in [3.05, 3.63) is 0 Å². The highest BCUT2D eigenvalue weighted by atomic mass is 16.4. The molecule has 0 aliphatic heterocycles. The van der Waals surface area contributed by atoms with Gasteiger partial charge in [0.15, 0.2) is 0 Å². The van der Waals surface area contributed by atoms with E-state index in [9.17, 15) is 4.79 Å². The van der Waals surface area contributed by atoms with Gasteiger partial charge in [-0.05, 0) is 20.9 Å². The summed E-state index contributed by atoms with van der Waals surface area (Å²) in [4.78, 5) is 12.1. The molecular weight excluding hydrogens is 158 g/mol. The van der Waals surface area contributed by atoms with E-state index in [1.165, 1.54) is 0 Å². The van der Waals surface area contributed by atoms with Crippen molar-refractivity contribution in [3.8, 4) is 0 Å². The smallest absolute Gasteiger partial charge is 0.304 e. The Kier molecular flexibility index (Phi) is 4.20. The molecule has 72 valence electrons. The minimum Gasteiger partial charge on any atom is -0.481 e. The Labute approximate surface area is 72.8 Å². The first kappa shape index (κ1) is 11.4. The number of carbonyl (C=O) groups is 1. The minimum atomic E-state index is -0.810. The van der Waals surface area contributed by atoms with Crippen LogP contribution in [0, 0.1) is 0 Å². The Balaban J connectivity index is 3.86. The van der Waals surface area contributed by atoms with Gasteiger partial charge in [-0.25, -0.2) is 0 Å². The third kappa shape index (κ3) is 3.69. The van der Waals surface area contributed by atoms with E-state index in [-0.39, 0.29) is 18.6 Å². The van der Waals surface area contributed by atoms with Crippen LogP contribution in [0.15, 0.2) is 0 Å². The van der Waals surface area contributed by atoms with E-state index in [1.807, 2.05) is 18.7 Å². The first-order valence-corrected chi connectivity index (χ1v) is 3.94. The first-order valence-electron chi connectivity index (χ1n) is 3.94. The van der Waals surface area contributed by atoms with Crippen LogP contribution in [0.25, 0.3) is 0 Å². The van der Waals surface area contributed by atoms with Gasteiger partial charge in [0.1, 0.15) is 0 Å². The number of carboxylic acid groups (broad SMARTS) is 1. The molecule has 0 aromatic heterocycles. The summed E-state index contributed by atoms with van der Waals surface area (Å²) in [5, 5.41) is 17.4. The van der Waals surface area contributed by atoms with Gasteiger partial charge in [0, 0.05) is 12.1 Å². The van der Waals surface area contributed by atoms with Gasteiger partial charge in [-0.2, -0.15) is 0 Å². The Hall–Kier alpha value is -0.610. The van der Waals surface area contributed by atoms with Gasteiger partial charge >= 0.3 is 5.97 Å². The first-order chi connectivity index (χ1) is 5.40. The van der Waals surface area contributed by atoms with Crippen LogP contribution in [0.2, 0.25) is 0 Å². The zero-order valence-corrected chi connectivity index (χ0v) is 7.87. The molecule has 0 aliphatic carbocycles. The SMILES string of the molecule is CN(CCC(=O)O)C(C)(C)CO. The summed E-state index contributed by atoms with van der Waals surface area (Å²) >= 11 is 0. The molecule has 4 nitrogen and oxygen atoms in total. The van der Waals surface area contributed by atoms with Crippen LogP contribution >= 0.6 is 0 Å². The fourth-order valence-corrected chi connectivity index (χ4v) is 0.687. The van der Waals surface area contributed by atoms with Crippen molar-refractivity contribution in [1.29, 1.82) is 0 Å². The van der Waals surface area contributed by atoms with Crippen molar-refractivity contribution >= 4 is 5.97 Å². The van der Waals surface area contributed by atoms with Gasteiger partial charge in [0.05, 0.1) is 13.0 Å². The van der Waals surface area contributed by atoms with E-state index in [0.717, 1.165) is 0 Å². The second-order valence-corrected chi connectivity index (χ2v) is 3.54. The van der Waals surface area contributed by atoms with Gasteiger partial charge < -0.3 is 10.2 Å². The van der Waals surface area contributed by atoms with Crippen molar-refractivity contribution in [2.45, 2.75) is 25.8 Å². The summed E-state index contributed by atoms with van der Waals surface area (Å²) in [6.45, 7) is 4.23. The van der Waals surface area contributed by atoms with E-state index in [2.05, 4.69) is 0 Å². The summed E-state index contributed by atoms with van der Waals surface area (Å²) in [6.07, 6.45) is 0.111. The van der Waals surface area contributed by atoms with Crippen molar-refractivity contribution in [1.82, 2.24) is 4.90 Å². The second-order valence-electron chi connectivity index (χ2n) is 3.54. The van der Waals surface area contributed by atoms with E-state index in [4.69, 9.17) is 10.2 Å². The Morgan fingerprint density at radius 2 is 2.00 bits per heavy atom. The van der Waals surface area contributed by atoms with Crippen LogP contribution < -0.4 is 0 Å². The highest BCUT2D eigenvalue weighted by Gasteiger charge is 2.22. The Morgan fingerprint density at radius 3 is 2.33 bits per heavy atom. The van der Waals surface area contributed by atoms with E-state index in [1.54, 1.807) is 7.05 Å². The lowest BCUT2D eigenvalue weighted by molar-refractivity contribution is -0.137. The highest BCUT2D eigenvalue weighted by molar-refractivity contribution is 5.66. The van der Waals surface area contributed by atoms with Crippen molar-refractivity contribution < 1.29 is 15.0 Å². The normalized spacial score (nSPS) is 12.1. The topological polar surface area (TPSA) is 60.8 Å². The molecule has 0 aromatic carbocycles. The second kappa shape index (κ2) is 4.42. The molecule has 12 heavy (non-hydrogen) atoms. The fraction of sp³-hybridized carbons (Fsp3) is 0.875. The predicted octanol–water partition coefficient (Wildman–Crippen LogP) is 0.164. The summed E-state index contributed by atoms with van der Waals surface area (Å²) in [7, 11) is 1.80. The largest absolute Gasteiger partial charge is 0.481 e. The molecule has 0 heterocycles. The zero-order valence-electron chi connectivity index (χ0n) is 7.87. The Bertz CT molecular complexity index is 156.